The molecule has 16 heavy (non-hydrogen) atoms. The van der Waals surface area contributed by atoms with Gasteiger partial charge < -0.3 is 15.0 Å². The summed E-state index contributed by atoms with van der Waals surface area (Å²) in [6, 6.07) is 1.53. The van der Waals surface area contributed by atoms with Crippen molar-refractivity contribution < 1.29 is 9.50 Å². The van der Waals surface area contributed by atoms with E-state index in [1.54, 1.807) is 20.0 Å². The first kappa shape index (κ1) is 11.5. The van der Waals surface area contributed by atoms with Gasteiger partial charge in [0.05, 0.1) is 10.1 Å². The van der Waals surface area contributed by atoms with Crippen LogP contribution in [0.5, 0.6) is 0 Å². The van der Waals surface area contributed by atoms with Gasteiger partial charge in [-0.25, -0.2) is 4.39 Å². The number of anilines is 1. The number of pyridine rings is 1. The van der Waals surface area contributed by atoms with E-state index in [9.17, 15) is 9.50 Å². The summed E-state index contributed by atoms with van der Waals surface area (Å²) in [4.78, 5) is 4.71. The highest BCUT2D eigenvalue weighted by Gasteiger charge is 2.38. The van der Waals surface area contributed by atoms with E-state index in [1.165, 1.54) is 6.07 Å². The van der Waals surface area contributed by atoms with E-state index < -0.39 is 5.60 Å². The summed E-state index contributed by atoms with van der Waals surface area (Å²) in [7, 11) is 0. The predicted octanol–water partition coefficient (Wildman–Crippen LogP) is 2.09. The number of H-pyrrole nitrogens is 1. The number of nitrogens with zero attached hydrogens (tertiary/aromatic N) is 1. The molecule has 1 aromatic rings. The highest BCUT2D eigenvalue weighted by atomic mass is 32.1. The Morgan fingerprint density at radius 2 is 2.19 bits per heavy atom. The van der Waals surface area contributed by atoms with Crippen LogP contribution in [0.4, 0.5) is 10.2 Å². The Morgan fingerprint density at radius 1 is 1.56 bits per heavy atom. The highest BCUT2D eigenvalue weighted by molar-refractivity contribution is 7.71. The minimum atomic E-state index is -0.710. The lowest BCUT2D eigenvalue weighted by Crippen LogP contribution is -2.56. The fourth-order valence-corrected chi connectivity index (χ4v) is 1.95. The van der Waals surface area contributed by atoms with Crippen molar-refractivity contribution in [3.05, 3.63) is 22.6 Å². The van der Waals surface area contributed by atoms with Gasteiger partial charge in [0.2, 0.25) is 0 Å². The molecule has 0 aliphatic carbocycles. The van der Waals surface area contributed by atoms with Crippen LogP contribution in [-0.2, 0) is 0 Å². The number of nitrogens with one attached hydrogen (secondary N) is 1. The van der Waals surface area contributed by atoms with Crippen molar-refractivity contribution in [2.24, 2.45) is 5.92 Å². The van der Waals surface area contributed by atoms with Crippen LogP contribution in [0.2, 0.25) is 0 Å². The molecule has 5 heteroatoms. The summed E-state index contributed by atoms with van der Waals surface area (Å²) >= 11 is 4.86. The maximum Gasteiger partial charge on any atom is 0.181 e. The van der Waals surface area contributed by atoms with Gasteiger partial charge in [-0.3, -0.25) is 0 Å². The Morgan fingerprint density at radius 3 is 2.75 bits per heavy atom. The Hall–Kier alpha value is -0.940. The van der Waals surface area contributed by atoms with Gasteiger partial charge in [0.15, 0.2) is 5.82 Å². The number of aromatic amines is 1. The second-order valence-electron chi connectivity index (χ2n) is 4.76. The summed E-state index contributed by atoms with van der Waals surface area (Å²) in [6.45, 7) is 4.85. The highest BCUT2D eigenvalue weighted by Crippen LogP contribution is 2.31. The maximum absolute atomic E-state index is 13.7. The van der Waals surface area contributed by atoms with E-state index in [-0.39, 0.29) is 16.2 Å². The molecule has 1 aromatic heterocycles. The number of aromatic nitrogens is 1. The normalized spacial score (nSPS) is 17.4. The average Bonchev–Trinajstić information content (AvgIpc) is 2.07. The van der Waals surface area contributed by atoms with Gasteiger partial charge in [0.25, 0.3) is 0 Å². The predicted molar refractivity (Wildman–Crippen MR) is 63.6 cm³/mol. The molecule has 2 N–H and O–H groups in total. The average molecular weight is 242 g/mol. The Labute approximate surface area is 98.9 Å². The summed E-state index contributed by atoms with van der Waals surface area (Å²) in [5.41, 5.74) is -0.710. The first-order chi connectivity index (χ1) is 7.39. The first-order valence-corrected chi connectivity index (χ1v) is 5.65. The Balaban J connectivity index is 2.13. The van der Waals surface area contributed by atoms with E-state index in [4.69, 9.17) is 12.2 Å². The van der Waals surface area contributed by atoms with Gasteiger partial charge in [-0.1, -0.05) is 12.2 Å². The molecule has 1 aliphatic heterocycles. The van der Waals surface area contributed by atoms with Gasteiger partial charge in [-0.2, -0.15) is 0 Å². The number of hydrogen-bond donors (Lipinski definition) is 2. The van der Waals surface area contributed by atoms with Crippen LogP contribution < -0.4 is 4.90 Å². The van der Waals surface area contributed by atoms with Crippen molar-refractivity contribution in [2.45, 2.75) is 19.4 Å². The molecule has 0 radical (unpaired) electrons. The van der Waals surface area contributed by atoms with Crippen molar-refractivity contribution in [1.82, 2.24) is 4.98 Å². The zero-order valence-electron chi connectivity index (χ0n) is 9.33. The van der Waals surface area contributed by atoms with Crippen molar-refractivity contribution >= 4 is 18.0 Å². The van der Waals surface area contributed by atoms with Gasteiger partial charge in [0.1, 0.15) is 5.82 Å². The third-order valence-corrected chi connectivity index (χ3v) is 3.39. The number of aliphatic hydroxyl groups is 1. The van der Waals surface area contributed by atoms with Crippen LogP contribution >= 0.6 is 12.2 Å². The molecule has 2 heterocycles. The smallest absolute Gasteiger partial charge is 0.181 e. The third-order valence-electron chi connectivity index (χ3n) is 3.08. The van der Waals surface area contributed by atoms with E-state index in [2.05, 4.69) is 4.98 Å². The van der Waals surface area contributed by atoms with Crippen LogP contribution in [0.15, 0.2) is 12.3 Å². The molecule has 1 aliphatic rings. The molecule has 0 aromatic carbocycles. The molecule has 2 rings (SSSR count). The summed E-state index contributed by atoms with van der Waals surface area (Å²) in [5, 5.41) is 9.77. The fraction of sp³-hybridized carbons (Fsp3) is 0.545. The quantitative estimate of drug-likeness (QED) is 0.780. The monoisotopic (exact) mass is 242 g/mol. The van der Waals surface area contributed by atoms with Crippen molar-refractivity contribution in [1.29, 1.82) is 0 Å². The maximum atomic E-state index is 13.7. The summed E-state index contributed by atoms with van der Waals surface area (Å²) in [5.74, 6) is 0.216. The molecular formula is C11H15FN2OS. The minimum Gasteiger partial charge on any atom is -0.390 e. The molecular weight excluding hydrogens is 227 g/mol. The van der Waals surface area contributed by atoms with Gasteiger partial charge >= 0.3 is 0 Å². The standard InChI is InChI=1S/C11H15FN2OS/c1-11(2,15)7-5-14(6-7)10-9(12)8(16)3-4-13-10/h3-4,7,15H,5-6H2,1-2H3,(H,13,16). The van der Waals surface area contributed by atoms with E-state index >= 15 is 0 Å². The molecule has 1 saturated heterocycles. The molecule has 3 nitrogen and oxygen atoms in total. The molecule has 0 spiro atoms. The lowest BCUT2D eigenvalue weighted by molar-refractivity contribution is 0.00418. The van der Waals surface area contributed by atoms with Crippen molar-refractivity contribution in [3.63, 3.8) is 0 Å². The van der Waals surface area contributed by atoms with Gasteiger partial charge in [-0.15, -0.1) is 0 Å². The molecule has 0 bridgehead atoms. The Bertz CT molecular complexity index is 446. The second-order valence-corrected chi connectivity index (χ2v) is 5.20. The molecule has 0 unspecified atom stereocenters. The first-order valence-electron chi connectivity index (χ1n) is 5.24. The van der Waals surface area contributed by atoms with Crippen LogP contribution in [0.25, 0.3) is 0 Å². The van der Waals surface area contributed by atoms with Gasteiger partial charge in [-0.05, 0) is 19.9 Å². The summed E-state index contributed by atoms with van der Waals surface area (Å²) in [6.07, 6.45) is 1.64. The van der Waals surface area contributed by atoms with E-state index in [0.29, 0.717) is 18.9 Å². The molecule has 88 valence electrons. The van der Waals surface area contributed by atoms with Crippen molar-refractivity contribution in [3.8, 4) is 0 Å². The third kappa shape index (κ3) is 1.97. The Kier molecular flexibility index (Phi) is 2.75. The lowest BCUT2D eigenvalue weighted by Gasteiger charge is -2.46. The molecule has 0 atom stereocenters. The number of rotatable bonds is 2. The van der Waals surface area contributed by atoms with Crippen LogP contribution in [0, 0.1) is 16.2 Å². The minimum absolute atomic E-state index is 0.175. The zero-order valence-corrected chi connectivity index (χ0v) is 10.1. The SMILES string of the molecule is CC(C)(O)C1CN(c2[nH]ccc(=S)c2F)C1. The number of halogens is 1. The fourth-order valence-electron chi connectivity index (χ4n) is 1.79. The van der Waals surface area contributed by atoms with Crippen LogP contribution in [0.1, 0.15) is 13.8 Å². The van der Waals surface area contributed by atoms with Crippen molar-refractivity contribution in [2.75, 3.05) is 18.0 Å². The topological polar surface area (TPSA) is 39.3 Å². The van der Waals surface area contributed by atoms with Gasteiger partial charge in [0, 0.05) is 25.2 Å². The van der Waals surface area contributed by atoms with E-state index in [0.717, 1.165) is 0 Å². The van der Waals surface area contributed by atoms with E-state index in [1.807, 2.05) is 4.90 Å². The lowest BCUT2D eigenvalue weighted by atomic mass is 9.84. The van der Waals surface area contributed by atoms with Crippen LogP contribution in [-0.4, -0.2) is 28.8 Å². The summed E-state index contributed by atoms with van der Waals surface area (Å²) < 4.78 is 13.9. The molecule has 1 fully saturated rings. The zero-order chi connectivity index (χ0) is 11.9. The van der Waals surface area contributed by atoms with Crippen LogP contribution in [0.3, 0.4) is 0 Å². The second kappa shape index (κ2) is 3.82. The molecule has 0 amide bonds. The largest absolute Gasteiger partial charge is 0.390 e. The number of hydrogen-bond acceptors (Lipinski definition) is 3. The molecule has 0 saturated carbocycles.